The minimum atomic E-state index is -0.950. The van der Waals surface area contributed by atoms with Crippen LogP contribution in [0, 0.1) is 0 Å². The van der Waals surface area contributed by atoms with Crippen LogP contribution in [0.4, 0.5) is 4.79 Å². The summed E-state index contributed by atoms with van der Waals surface area (Å²) < 4.78 is 0. The maximum absolute atomic E-state index is 11.8. The maximum Gasteiger partial charge on any atom is 0.317 e. The van der Waals surface area contributed by atoms with E-state index < -0.39 is 11.5 Å². The molecule has 0 fully saturated rings. The van der Waals surface area contributed by atoms with Crippen LogP contribution in [0.25, 0.3) is 0 Å². The van der Waals surface area contributed by atoms with Crippen molar-refractivity contribution in [3.8, 4) is 0 Å². The number of aliphatic hydroxyl groups excluding tert-OH is 1. The fourth-order valence-corrected chi connectivity index (χ4v) is 1.46. The Morgan fingerprint density at radius 1 is 1.35 bits per heavy atom. The molecule has 0 aliphatic heterocycles. The summed E-state index contributed by atoms with van der Waals surface area (Å²) in [7, 11) is 0. The molecule has 17 heavy (non-hydrogen) atoms. The normalized spacial score (nSPS) is 11.1. The Bertz CT molecular complexity index is 266. The summed E-state index contributed by atoms with van der Waals surface area (Å²) in [5, 5.41) is 20.1. The Balaban J connectivity index is 4.33. The number of aliphatic carboxylic acids is 1. The van der Waals surface area contributed by atoms with Gasteiger partial charge in [0.2, 0.25) is 0 Å². The number of hydrogen-bond donors (Lipinski definition) is 3. The zero-order valence-electron chi connectivity index (χ0n) is 10.7. The Kier molecular flexibility index (Phi) is 6.57. The zero-order chi connectivity index (χ0) is 13.5. The number of urea groups is 1. The molecule has 6 heteroatoms. The third-order valence-electron chi connectivity index (χ3n) is 2.29. The Morgan fingerprint density at radius 3 is 2.35 bits per heavy atom. The molecule has 0 spiro atoms. The topological polar surface area (TPSA) is 89.9 Å². The van der Waals surface area contributed by atoms with Crippen LogP contribution in [-0.2, 0) is 4.79 Å². The molecule has 0 aliphatic carbocycles. The van der Waals surface area contributed by atoms with E-state index in [1.807, 2.05) is 6.92 Å². The van der Waals surface area contributed by atoms with Gasteiger partial charge in [0.05, 0.1) is 6.42 Å². The molecule has 0 aromatic rings. The van der Waals surface area contributed by atoms with E-state index in [4.69, 9.17) is 10.2 Å². The molecule has 0 saturated carbocycles. The van der Waals surface area contributed by atoms with E-state index in [0.29, 0.717) is 19.5 Å². The summed E-state index contributed by atoms with van der Waals surface area (Å²) in [5.74, 6) is -0.950. The smallest absolute Gasteiger partial charge is 0.317 e. The molecule has 0 atom stereocenters. The standard InChI is InChI=1S/C11H22N2O4/c1-4-13(6-5-7-14)10(17)12-11(2,3)8-9(15)16/h14H,4-8H2,1-3H3,(H,12,17)(H,15,16). The summed E-state index contributed by atoms with van der Waals surface area (Å²) in [6.45, 7) is 6.18. The van der Waals surface area contributed by atoms with E-state index in [9.17, 15) is 9.59 Å². The number of nitrogens with one attached hydrogen (secondary N) is 1. The number of hydrogen-bond acceptors (Lipinski definition) is 3. The summed E-state index contributed by atoms with van der Waals surface area (Å²) in [4.78, 5) is 24.0. The number of nitrogens with zero attached hydrogens (tertiary/aromatic N) is 1. The number of amides is 2. The molecule has 100 valence electrons. The Labute approximate surface area is 102 Å². The van der Waals surface area contributed by atoms with Gasteiger partial charge in [-0.2, -0.15) is 0 Å². The Hall–Kier alpha value is -1.30. The monoisotopic (exact) mass is 246 g/mol. The van der Waals surface area contributed by atoms with Crippen molar-refractivity contribution in [1.29, 1.82) is 0 Å². The van der Waals surface area contributed by atoms with Crippen molar-refractivity contribution >= 4 is 12.0 Å². The van der Waals surface area contributed by atoms with Gasteiger partial charge in [-0.3, -0.25) is 4.79 Å². The number of carboxylic acids is 1. The predicted molar refractivity (Wildman–Crippen MR) is 63.8 cm³/mol. The van der Waals surface area contributed by atoms with Crippen LogP contribution in [0.3, 0.4) is 0 Å². The Morgan fingerprint density at radius 2 is 1.94 bits per heavy atom. The van der Waals surface area contributed by atoms with Crippen LogP contribution in [0.1, 0.15) is 33.6 Å². The van der Waals surface area contributed by atoms with Crippen molar-refractivity contribution in [3.63, 3.8) is 0 Å². The minimum absolute atomic E-state index is 0.0301. The fraction of sp³-hybridized carbons (Fsp3) is 0.818. The predicted octanol–water partition coefficient (Wildman–Crippen LogP) is 0.654. The van der Waals surface area contributed by atoms with E-state index in [2.05, 4.69) is 5.32 Å². The lowest BCUT2D eigenvalue weighted by Gasteiger charge is -2.29. The average Bonchev–Trinajstić information content (AvgIpc) is 2.15. The molecule has 0 heterocycles. The molecular formula is C11H22N2O4. The van der Waals surface area contributed by atoms with Gasteiger partial charge in [-0.05, 0) is 27.2 Å². The number of carboxylic acid groups (broad SMARTS) is 1. The molecule has 0 bridgehead atoms. The molecule has 3 N–H and O–H groups in total. The molecule has 0 saturated heterocycles. The molecule has 0 radical (unpaired) electrons. The second-order valence-electron chi connectivity index (χ2n) is 4.54. The van der Waals surface area contributed by atoms with E-state index in [0.717, 1.165) is 0 Å². The van der Waals surface area contributed by atoms with Gasteiger partial charge in [-0.1, -0.05) is 0 Å². The third-order valence-corrected chi connectivity index (χ3v) is 2.29. The van der Waals surface area contributed by atoms with Gasteiger partial charge < -0.3 is 20.4 Å². The van der Waals surface area contributed by atoms with Gasteiger partial charge in [0.25, 0.3) is 0 Å². The molecule has 0 unspecified atom stereocenters. The fourth-order valence-electron chi connectivity index (χ4n) is 1.46. The van der Waals surface area contributed by atoms with Crippen LogP contribution in [0.2, 0.25) is 0 Å². The third kappa shape index (κ3) is 6.78. The average molecular weight is 246 g/mol. The van der Waals surface area contributed by atoms with Crippen molar-refractivity contribution in [2.24, 2.45) is 0 Å². The lowest BCUT2D eigenvalue weighted by atomic mass is 10.0. The van der Waals surface area contributed by atoms with Crippen LogP contribution in [0.15, 0.2) is 0 Å². The highest BCUT2D eigenvalue weighted by atomic mass is 16.4. The van der Waals surface area contributed by atoms with Crippen molar-refractivity contribution in [1.82, 2.24) is 10.2 Å². The second-order valence-corrected chi connectivity index (χ2v) is 4.54. The van der Waals surface area contributed by atoms with Gasteiger partial charge >= 0.3 is 12.0 Å². The molecule has 2 amide bonds. The first-order chi connectivity index (χ1) is 7.82. The first kappa shape index (κ1) is 15.7. The van der Waals surface area contributed by atoms with Gasteiger partial charge in [0.15, 0.2) is 0 Å². The summed E-state index contributed by atoms with van der Waals surface area (Å²) >= 11 is 0. The molecular weight excluding hydrogens is 224 g/mol. The summed E-state index contributed by atoms with van der Waals surface area (Å²) in [6.07, 6.45) is 0.386. The quantitative estimate of drug-likeness (QED) is 0.615. The van der Waals surface area contributed by atoms with Crippen LogP contribution >= 0.6 is 0 Å². The molecule has 0 aromatic heterocycles. The SMILES string of the molecule is CCN(CCCO)C(=O)NC(C)(C)CC(=O)O. The van der Waals surface area contributed by atoms with Gasteiger partial charge in [0, 0.05) is 25.2 Å². The molecule has 0 aliphatic rings. The number of rotatable bonds is 7. The van der Waals surface area contributed by atoms with Gasteiger partial charge in [0.1, 0.15) is 0 Å². The van der Waals surface area contributed by atoms with E-state index >= 15 is 0 Å². The van der Waals surface area contributed by atoms with Gasteiger partial charge in [-0.25, -0.2) is 4.79 Å². The summed E-state index contributed by atoms with van der Waals surface area (Å²) in [5.41, 5.74) is -0.782. The maximum atomic E-state index is 11.8. The number of carbonyl (C=O) groups is 2. The highest BCUT2D eigenvalue weighted by Gasteiger charge is 2.25. The van der Waals surface area contributed by atoms with Crippen molar-refractivity contribution in [3.05, 3.63) is 0 Å². The van der Waals surface area contributed by atoms with Crippen molar-refractivity contribution in [2.45, 2.75) is 39.2 Å². The molecule has 6 nitrogen and oxygen atoms in total. The van der Waals surface area contributed by atoms with Gasteiger partial charge in [-0.15, -0.1) is 0 Å². The van der Waals surface area contributed by atoms with E-state index in [-0.39, 0.29) is 19.1 Å². The minimum Gasteiger partial charge on any atom is -0.481 e. The van der Waals surface area contributed by atoms with Crippen LogP contribution < -0.4 is 5.32 Å². The number of aliphatic hydroxyl groups is 1. The number of carbonyl (C=O) groups excluding carboxylic acids is 1. The zero-order valence-corrected chi connectivity index (χ0v) is 10.7. The van der Waals surface area contributed by atoms with Crippen molar-refractivity contribution < 1.29 is 19.8 Å². The highest BCUT2D eigenvalue weighted by Crippen LogP contribution is 2.09. The second kappa shape index (κ2) is 7.11. The lowest BCUT2D eigenvalue weighted by Crippen LogP contribution is -2.51. The van der Waals surface area contributed by atoms with Crippen LogP contribution in [-0.4, -0.2) is 52.3 Å². The van der Waals surface area contributed by atoms with E-state index in [1.165, 1.54) is 0 Å². The van der Waals surface area contributed by atoms with E-state index in [1.54, 1.807) is 18.7 Å². The lowest BCUT2D eigenvalue weighted by molar-refractivity contribution is -0.138. The largest absolute Gasteiger partial charge is 0.481 e. The van der Waals surface area contributed by atoms with Crippen molar-refractivity contribution in [2.75, 3.05) is 19.7 Å². The first-order valence-corrected chi connectivity index (χ1v) is 5.72. The molecule has 0 aromatic carbocycles. The van der Waals surface area contributed by atoms with Crippen LogP contribution in [0.5, 0.6) is 0 Å². The molecule has 0 rings (SSSR count). The first-order valence-electron chi connectivity index (χ1n) is 5.72. The highest BCUT2D eigenvalue weighted by molar-refractivity contribution is 5.76. The summed E-state index contributed by atoms with van der Waals surface area (Å²) in [6, 6.07) is -0.299.